The summed E-state index contributed by atoms with van der Waals surface area (Å²) in [5.41, 5.74) is 0. The van der Waals surface area contributed by atoms with E-state index in [2.05, 4.69) is 26.3 Å². The Morgan fingerprint density at radius 2 is 2.12 bits per heavy atom. The van der Waals surface area contributed by atoms with Gasteiger partial charge in [0.15, 0.2) is 0 Å². The minimum Gasteiger partial charge on any atom is -0.332 e. The van der Waals surface area contributed by atoms with Crippen molar-refractivity contribution in [1.82, 2.24) is 14.7 Å². The summed E-state index contributed by atoms with van der Waals surface area (Å²) in [5.74, 6) is 0.318. The quantitative estimate of drug-likeness (QED) is 0.819. The molecule has 1 aliphatic carbocycles. The van der Waals surface area contributed by atoms with Gasteiger partial charge in [0.1, 0.15) is 5.82 Å². The lowest BCUT2D eigenvalue weighted by atomic mass is 10.2. The van der Waals surface area contributed by atoms with E-state index < -0.39 is 0 Å². The number of rotatable bonds is 5. The summed E-state index contributed by atoms with van der Waals surface area (Å²) in [5, 5.41) is 7.21. The minimum atomic E-state index is -0.221. The lowest BCUT2D eigenvalue weighted by molar-refractivity contribution is -0.116. The number of hydrogen-bond acceptors (Lipinski definition) is 4. The molecule has 2 aromatic rings. The third-order valence-corrected chi connectivity index (χ3v) is 5.73. The van der Waals surface area contributed by atoms with E-state index in [4.69, 9.17) is 0 Å². The van der Waals surface area contributed by atoms with Crippen molar-refractivity contribution in [2.75, 3.05) is 18.9 Å². The fourth-order valence-electron chi connectivity index (χ4n) is 2.94. The molecule has 0 spiro atoms. The third kappa shape index (κ3) is 3.87. The van der Waals surface area contributed by atoms with Gasteiger partial charge in [0.05, 0.1) is 27.4 Å². The summed E-state index contributed by atoms with van der Waals surface area (Å²) in [4.78, 5) is 26.6. The molecule has 3 rings (SSSR count). The van der Waals surface area contributed by atoms with E-state index in [1.54, 1.807) is 25.4 Å². The van der Waals surface area contributed by atoms with Crippen molar-refractivity contribution in [3.63, 3.8) is 0 Å². The molecule has 0 atom stereocenters. The van der Waals surface area contributed by atoms with Crippen LogP contribution in [0.5, 0.6) is 0 Å². The zero-order valence-electron chi connectivity index (χ0n) is 13.4. The second-order valence-electron chi connectivity index (χ2n) is 5.91. The monoisotopic (exact) mass is 410 g/mol. The summed E-state index contributed by atoms with van der Waals surface area (Å²) < 4.78 is 2.78. The van der Waals surface area contributed by atoms with Crippen LogP contribution in [-0.2, 0) is 4.79 Å². The van der Waals surface area contributed by atoms with Crippen molar-refractivity contribution in [1.29, 1.82) is 0 Å². The number of nitrogens with one attached hydrogen (secondary N) is 1. The summed E-state index contributed by atoms with van der Waals surface area (Å²) in [6.07, 6.45) is 6.29. The maximum Gasteiger partial charge on any atom is 0.264 e. The Bertz CT molecular complexity index is 736. The molecule has 2 heterocycles. The fourth-order valence-corrected chi connectivity index (χ4v) is 4.32. The number of anilines is 1. The number of aromatic nitrogens is 2. The highest BCUT2D eigenvalue weighted by atomic mass is 79.9. The minimum absolute atomic E-state index is 0.00417. The molecule has 0 aromatic carbocycles. The molecule has 8 heteroatoms. The van der Waals surface area contributed by atoms with Crippen LogP contribution in [0.3, 0.4) is 0 Å². The molecule has 0 radical (unpaired) electrons. The van der Waals surface area contributed by atoms with E-state index in [0.717, 1.165) is 16.6 Å². The van der Waals surface area contributed by atoms with Crippen LogP contribution in [-0.4, -0.2) is 40.1 Å². The highest BCUT2D eigenvalue weighted by molar-refractivity contribution is 9.11. The Morgan fingerprint density at radius 3 is 2.79 bits per heavy atom. The van der Waals surface area contributed by atoms with Gasteiger partial charge in [-0.3, -0.25) is 9.59 Å². The number of carbonyl (C=O) groups excluding carboxylic acids is 2. The van der Waals surface area contributed by atoms with Gasteiger partial charge in [0.2, 0.25) is 5.91 Å². The van der Waals surface area contributed by atoms with Crippen molar-refractivity contribution >= 4 is 44.9 Å². The van der Waals surface area contributed by atoms with Crippen LogP contribution in [0.2, 0.25) is 0 Å². The second-order valence-corrected chi connectivity index (χ2v) is 8.38. The molecule has 0 saturated heterocycles. The highest BCUT2D eigenvalue weighted by Gasteiger charge is 2.21. The summed E-state index contributed by atoms with van der Waals surface area (Å²) in [6.45, 7) is 0.00417. The number of likely N-dealkylation sites (N-methyl/N-ethyl adjacent to an activating group) is 1. The van der Waals surface area contributed by atoms with Gasteiger partial charge in [-0.15, -0.1) is 11.3 Å². The van der Waals surface area contributed by atoms with Crippen molar-refractivity contribution in [2.45, 2.75) is 31.7 Å². The average Bonchev–Trinajstić information content (AvgIpc) is 3.26. The van der Waals surface area contributed by atoms with Gasteiger partial charge < -0.3 is 10.2 Å². The van der Waals surface area contributed by atoms with E-state index in [9.17, 15) is 9.59 Å². The van der Waals surface area contributed by atoms with E-state index in [1.807, 2.05) is 10.7 Å². The molecule has 0 aliphatic heterocycles. The van der Waals surface area contributed by atoms with E-state index in [1.165, 1.54) is 29.1 Å². The molecule has 2 aromatic heterocycles. The Morgan fingerprint density at radius 1 is 1.38 bits per heavy atom. The zero-order chi connectivity index (χ0) is 17.1. The van der Waals surface area contributed by atoms with Crippen LogP contribution in [0.25, 0.3) is 0 Å². The van der Waals surface area contributed by atoms with Gasteiger partial charge in [-0.1, -0.05) is 12.8 Å². The smallest absolute Gasteiger partial charge is 0.264 e. The Labute approximate surface area is 153 Å². The molecule has 0 bridgehead atoms. The summed E-state index contributed by atoms with van der Waals surface area (Å²) in [7, 11) is 1.63. The fraction of sp³-hybridized carbons (Fsp3) is 0.438. The average molecular weight is 411 g/mol. The topological polar surface area (TPSA) is 67.2 Å². The third-order valence-electron chi connectivity index (χ3n) is 4.12. The first-order valence-electron chi connectivity index (χ1n) is 7.89. The van der Waals surface area contributed by atoms with Crippen molar-refractivity contribution in [3.8, 4) is 0 Å². The van der Waals surface area contributed by atoms with Gasteiger partial charge in [0, 0.05) is 13.1 Å². The van der Waals surface area contributed by atoms with Crippen LogP contribution in [0.4, 0.5) is 5.82 Å². The molecule has 6 nitrogen and oxygen atoms in total. The van der Waals surface area contributed by atoms with Crippen LogP contribution in [0.1, 0.15) is 41.4 Å². The molecule has 1 aliphatic rings. The van der Waals surface area contributed by atoms with Crippen molar-refractivity contribution in [3.05, 3.63) is 33.1 Å². The Hall–Kier alpha value is -1.67. The number of hydrogen-bond donors (Lipinski definition) is 1. The first-order valence-corrected chi connectivity index (χ1v) is 9.49. The molecule has 1 N–H and O–H groups in total. The zero-order valence-corrected chi connectivity index (χ0v) is 15.8. The van der Waals surface area contributed by atoms with Crippen molar-refractivity contribution < 1.29 is 9.59 Å². The highest BCUT2D eigenvalue weighted by Crippen LogP contribution is 2.31. The van der Waals surface area contributed by atoms with Gasteiger partial charge in [-0.2, -0.15) is 5.10 Å². The molecule has 128 valence electrons. The first kappa shape index (κ1) is 17.2. The molecule has 2 amide bonds. The van der Waals surface area contributed by atoms with Gasteiger partial charge in [-0.05, 0) is 40.9 Å². The molecular weight excluding hydrogens is 392 g/mol. The summed E-state index contributed by atoms with van der Waals surface area (Å²) >= 11 is 4.69. The van der Waals surface area contributed by atoms with Crippen LogP contribution in [0.15, 0.2) is 28.2 Å². The number of amides is 2. The predicted molar refractivity (Wildman–Crippen MR) is 97.3 cm³/mol. The van der Waals surface area contributed by atoms with E-state index >= 15 is 0 Å². The number of thiophene rings is 1. The van der Waals surface area contributed by atoms with E-state index in [0.29, 0.717) is 16.7 Å². The molecule has 24 heavy (non-hydrogen) atoms. The Balaban J connectivity index is 1.59. The van der Waals surface area contributed by atoms with Crippen LogP contribution in [0, 0.1) is 0 Å². The Kier molecular flexibility index (Phi) is 5.35. The number of nitrogens with zero attached hydrogens (tertiary/aromatic N) is 3. The maximum atomic E-state index is 12.3. The molecular formula is C16H19BrN4O2S. The van der Waals surface area contributed by atoms with Crippen molar-refractivity contribution in [2.24, 2.45) is 0 Å². The summed E-state index contributed by atoms with van der Waals surface area (Å²) in [6, 6.07) is 5.74. The van der Waals surface area contributed by atoms with E-state index in [-0.39, 0.29) is 18.4 Å². The largest absolute Gasteiger partial charge is 0.332 e. The van der Waals surface area contributed by atoms with Gasteiger partial charge in [-0.25, -0.2) is 4.68 Å². The second kappa shape index (κ2) is 7.48. The number of halogens is 1. The molecule has 1 saturated carbocycles. The van der Waals surface area contributed by atoms with Gasteiger partial charge >= 0.3 is 0 Å². The first-order chi connectivity index (χ1) is 11.5. The maximum absolute atomic E-state index is 12.3. The normalized spacial score (nSPS) is 14.8. The number of carbonyl (C=O) groups is 2. The standard InChI is InChI=1S/C16H19BrN4O2S/c1-20(16(23)12-6-7-13(17)24-12)10-15(22)19-14-8-9-18-21(14)11-4-2-3-5-11/h6-9,11H,2-5,10H2,1H3,(H,19,22). The van der Waals surface area contributed by atoms with Crippen LogP contribution >= 0.6 is 27.3 Å². The van der Waals surface area contributed by atoms with Gasteiger partial charge in [0.25, 0.3) is 5.91 Å². The molecule has 0 unspecified atom stereocenters. The predicted octanol–water partition coefficient (Wildman–Crippen LogP) is 3.53. The van der Waals surface area contributed by atoms with Crippen LogP contribution < -0.4 is 5.32 Å². The lowest BCUT2D eigenvalue weighted by Gasteiger charge is -2.18. The SMILES string of the molecule is CN(CC(=O)Nc1ccnn1C1CCCC1)C(=O)c1ccc(Br)s1. The lowest BCUT2D eigenvalue weighted by Crippen LogP contribution is -2.35. The molecule has 1 fully saturated rings.